The topological polar surface area (TPSA) is 101 Å². The third kappa shape index (κ3) is 3.09. The first kappa shape index (κ1) is 18.8. The second kappa shape index (κ2) is 6.96. The number of esters is 1. The van der Waals surface area contributed by atoms with Crippen molar-refractivity contribution in [3.05, 3.63) is 29.6 Å². The van der Waals surface area contributed by atoms with E-state index in [0.717, 1.165) is 48.9 Å². The number of halogens is 1. The highest BCUT2D eigenvalue weighted by molar-refractivity contribution is 7.89. The number of fused-ring (bicyclic) bond motifs is 1. The lowest BCUT2D eigenvalue weighted by atomic mass is 9.85. The number of methoxy groups -OCH3 is 1. The van der Waals surface area contributed by atoms with Crippen molar-refractivity contribution in [1.29, 1.82) is 0 Å². The molecule has 1 saturated carbocycles. The highest BCUT2D eigenvalue weighted by Gasteiger charge is 2.51. The Morgan fingerprint density at radius 3 is 2.62 bits per heavy atom. The summed E-state index contributed by atoms with van der Waals surface area (Å²) in [7, 11) is -3.25. The Labute approximate surface area is 150 Å². The Morgan fingerprint density at radius 1 is 1.27 bits per heavy atom. The minimum atomic E-state index is -4.32. The van der Waals surface area contributed by atoms with Crippen LogP contribution in [0.2, 0.25) is 0 Å². The lowest BCUT2D eigenvalue weighted by molar-refractivity contribution is -0.141. The van der Waals surface area contributed by atoms with E-state index in [1.54, 1.807) is 0 Å². The standard InChI is InChI=1S/C17H20FNO6S/c1-25-17(22)12-9-11(18)6-7-15(12)26(23,24)19-13-5-3-2-4-10(13)8-14(19)16(20)21/h6-7,9-10,13-14H,2-5,8H2,1H3,(H,20,21). The number of sulfonamides is 1. The normalized spacial score (nSPS) is 26.3. The molecule has 7 nitrogen and oxygen atoms in total. The molecule has 2 aliphatic rings. The minimum absolute atomic E-state index is 0.0262. The molecule has 0 bridgehead atoms. The van der Waals surface area contributed by atoms with E-state index in [0.29, 0.717) is 6.42 Å². The number of carbonyl (C=O) groups excluding carboxylic acids is 1. The van der Waals surface area contributed by atoms with Crippen LogP contribution in [0.15, 0.2) is 23.1 Å². The summed E-state index contributed by atoms with van der Waals surface area (Å²) in [6.07, 6.45) is 3.34. The smallest absolute Gasteiger partial charge is 0.339 e. The summed E-state index contributed by atoms with van der Waals surface area (Å²) in [5, 5.41) is 9.55. The van der Waals surface area contributed by atoms with Gasteiger partial charge in [0.15, 0.2) is 0 Å². The zero-order chi connectivity index (χ0) is 19.1. The number of benzene rings is 1. The van der Waals surface area contributed by atoms with Crippen molar-refractivity contribution in [2.24, 2.45) is 5.92 Å². The molecule has 1 heterocycles. The van der Waals surface area contributed by atoms with Crippen LogP contribution >= 0.6 is 0 Å². The predicted octanol–water partition coefficient (Wildman–Crippen LogP) is 2.02. The summed E-state index contributed by atoms with van der Waals surface area (Å²) < 4.78 is 45.7. The van der Waals surface area contributed by atoms with Gasteiger partial charge in [-0.2, -0.15) is 4.31 Å². The fourth-order valence-electron chi connectivity index (χ4n) is 4.09. The van der Waals surface area contributed by atoms with Crippen molar-refractivity contribution < 1.29 is 32.2 Å². The molecule has 3 atom stereocenters. The van der Waals surface area contributed by atoms with Crippen LogP contribution in [-0.2, 0) is 19.6 Å². The number of carbonyl (C=O) groups is 2. The summed E-state index contributed by atoms with van der Waals surface area (Å²) in [4.78, 5) is 23.2. The number of nitrogens with zero attached hydrogens (tertiary/aromatic N) is 1. The fourth-order valence-corrected chi connectivity index (χ4v) is 6.12. The minimum Gasteiger partial charge on any atom is -0.480 e. The third-order valence-electron chi connectivity index (χ3n) is 5.22. The highest BCUT2D eigenvalue weighted by Crippen LogP contribution is 2.43. The molecule has 1 aliphatic carbocycles. The molecule has 3 rings (SSSR count). The molecular formula is C17H20FNO6S. The van der Waals surface area contributed by atoms with Crippen molar-refractivity contribution in [2.45, 2.75) is 49.1 Å². The third-order valence-corrected chi connectivity index (χ3v) is 7.21. The van der Waals surface area contributed by atoms with Gasteiger partial charge in [-0.1, -0.05) is 12.8 Å². The van der Waals surface area contributed by atoms with Crippen LogP contribution in [0, 0.1) is 11.7 Å². The second-order valence-electron chi connectivity index (χ2n) is 6.67. The molecule has 3 unspecified atom stereocenters. The van der Waals surface area contributed by atoms with Crippen molar-refractivity contribution in [3.63, 3.8) is 0 Å². The van der Waals surface area contributed by atoms with E-state index in [9.17, 15) is 27.5 Å². The molecule has 142 valence electrons. The Hall–Kier alpha value is -2.00. The zero-order valence-corrected chi connectivity index (χ0v) is 15.0. The SMILES string of the molecule is COC(=O)c1cc(F)ccc1S(=O)(=O)N1C(C(=O)O)CC2CCCCC21. The first-order valence-corrected chi connectivity index (χ1v) is 9.85. The largest absolute Gasteiger partial charge is 0.480 e. The average Bonchev–Trinajstić information content (AvgIpc) is 3.01. The molecule has 2 fully saturated rings. The summed E-state index contributed by atoms with van der Waals surface area (Å²) >= 11 is 0. The quantitative estimate of drug-likeness (QED) is 0.796. The molecule has 1 saturated heterocycles. The van der Waals surface area contributed by atoms with Gasteiger partial charge in [0.1, 0.15) is 11.9 Å². The monoisotopic (exact) mass is 385 g/mol. The van der Waals surface area contributed by atoms with Crippen LogP contribution in [0.3, 0.4) is 0 Å². The molecule has 1 N–H and O–H groups in total. The van der Waals surface area contributed by atoms with Gasteiger partial charge in [-0.3, -0.25) is 4.79 Å². The molecule has 0 amide bonds. The van der Waals surface area contributed by atoms with E-state index >= 15 is 0 Å². The number of aliphatic carboxylic acids is 1. The van der Waals surface area contributed by atoms with Crippen LogP contribution in [0.1, 0.15) is 42.5 Å². The van der Waals surface area contributed by atoms with E-state index in [-0.39, 0.29) is 12.3 Å². The molecule has 1 aliphatic heterocycles. The molecule has 0 aromatic heterocycles. The van der Waals surface area contributed by atoms with Gasteiger partial charge in [0.25, 0.3) is 0 Å². The lowest BCUT2D eigenvalue weighted by Gasteiger charge is -2.32. The summed E-state index contributed by atoms with van der Waals surface area (Å²) in [6.45, 7) is 0. The summed E-state index contributed by atoms with van der Waals surface area (Å²) in [5.41, 5.74) is -0.434. The Kier molecular flexibility index (Phi) is 5.03. The van der Waals surface area contributed by atoms with Crippen molar-refractivity contribution in [1.82, 2.24) is 4.31 Å². The summed E-state index contributed by atoms with van der Waals surface area (Å²) in [5.74, 6) is -3.02. The van der Waals surface area contributed by atoms with Gasteiger partial charge >= 0.3 is 11.9 Å². The maximum Gasteiger partial charge on any atom is 0.339 e. The number of carboxylic acid groups (broad SMARTS) is 1. The first-order valence-electron chi connectivity index (χ1n) is 8.41. The van der Waals surface area contributed by atoms with Crippen LogP contribution in [0.5, 0.6) is 0 Å². The van der Waals surface area contributed by atoms with Crippen LogP contribution < -0.4 is 0 Å². The number of rotatable bonds is 4. The average molecular weight is 385 g/mol. The Morgan fingerprint density at radius 2 is 1.96 bits per heavy atom. The predicted molar refractivity (Wildman–Crippen MR) is 88.6 cm³/mol. The van der Waals surface area contributed by atoms with Gasteiger partial charge in [-0.05, 0) is 43.4 Å². The van der Waals surface area contributed by atoms with Crippen molar-refractivity contribution in [3.8, 4) is 0 Å². The van der Waals surface area contributed by atoms with Crippen molar-refractivity contribution >= 4 is 22.0 Å². The van der Waals surface area contributed by atoms with E-state index in [2.05, 4.69) is 4.74 Å². The van der Waals surface area contributed by atoms with E-state index in [4.69, 9.17) is 0 Å². The Balaban J connectivity index is 2.12. The maximum atomic E-state index is 13.6. The number of ether oxygens (including phenoxy) is 1. The van der Waals surface area contributed by atoms with E-state index in [1.165, 1.54) is 0 Å². The number of carboxylic acids is 1. The molecular weight excluding hydrogens is 365 g/mol. The number of hydrogen-bond acceptors (Lipinski definition) is 5. The van der Waals surface area contributed by atoms with E-state index < -0.39 is 50.3 Å². The van der Waals surface area contributed by atoms with Crippen molar-refractivity contribution in [2.75, 3.05) is 7.11 Å². The maximum absolute atomic E-state index is 13.6. The van der Waals surface area contributed by atoms with Gasteiger partial charge in [-0.25, -0.2) is 17.6 Å². The molecule has 9 heteroatoms. The number of hydrogen-bond donors (Lipinski definition) is 1. The molecule has 0 spiro atoms. The molecule has 0 radical (unpaired) electrons. The van der Waals surface area contributed by atoms with Gasteiger partial charge in [-0.15, -0.1) is 0 Å². The zero-order valence-electron chi connectivity index (χ0n) is 14.2. The van der Waals surface area contributed by atoms with Crippen LogP contribution in [0.4, 0.5) is 4.39 Å². The summed E-state index contributed by atoms with van der Waals surface area (Å²) in [6, 6.07) is 1.10. The lowest BCUT2D eigenvalue weighted by Crippen LogP contribution is -2.46. The Bertz CT molecular complexity index is 840. The molecule has 26 heavy (non-hydrogen) atoms. The first-order chi connectivity index (χ1) is 12.3. The van der Waals surface area contributed by atoms with Gasteiger partial charge in [0.2, 0.25) is 10.0 Å². The van der Waals surface area contributed by atoms with Gasteiger partial charge < -0.3 is 9.84 Å². The van der Waals surface area contributed by atoms with Gasteiger partial charge in [0, 0.05) is 6.04 Å². The molecule has 1 aromatic carbocycles. The van der Waals surface area contributed by atoms with E-state index in [1.807, 2.05) is 0 Å². The second-order valence-corrected chi connectivity index (χ2v) is 8.48. The molecule has 1 aromatic rings. The fraction of sp³-hybridized carbons (Fsp3) is 0.529. The highest BCUT2D eigenvalue weighted by atomic mass is 32.2. The van der Waals surface area contributed by atoms with Crippen LogP contribution in [-0.4, -0.2) is 49.0 Å². The van der Waals surface area contributed by atoms with Gasteiger partial charge in [0.05, 0.1) is 17.6 Å². The van der Waals surface area contributed by atoms with Crippen LogP contribution in [0.25, 0.3) is 0 Å².